The van der Waals surface area contributed by atoms with Crippen molar-refractivity contribution in [3.05, 3.63) is 82.6 Å². The summed E-state index contributed by atoms with van der Waals surface area (Å²) in [7, 11) is 0. The average Bonchev–Trinajstić information content (AvgIpc) is 3.58. The molecule has 0 fully saturated rings. The minimum absolute atomic E-state index is 1.01. The fourth-order valence-corrected chi connectivity index (χ4v) is 7.42. The van der Waals surface area contributed by atoms with Gasteiger partial charge in [-0.1, -0.05) is 71.2 Å². The second-order valence-corrected chi connectivity index (χ2v) is 12.2. The first-order valence-electron chi connectivity index (χ1n) is 10.2. The highest BCUT2D eigenvalue weighted by molar-refractivity contribution is 7.29. The SMILES string of the molecule is Cc1ccc(-c2ccc(-c3nc4sc(-c5ccc(-c6ccc(C)s6)cc5)nc4s3)cc2)s1. The molecule has 6 aromatic rings. The standard InChI is InChI=1S/C26H18N2S4/c1-15-3-13-21(29-15)17-5-9-19(10-6-17)23-27-25-26(31-23)28-24(32-25)20-11-7-18(8-12-20)22-14-4-16(2)30-22/h3-14H,1-2H3. The minimum Gasteiger partial charge on any atom is -0.223 e. The Bertz CT molecular complexity index is 1380. The summed E-state index contributed by atoms with van der Waals surface area (Å²) in [5, 5.41) is 2.06. The van der Waals surface area contributed by atoms with Crippen LogP contribution >= 0.6 is 45.3 Å². The van der Waals surface area contributed by atoms with Gasteiger partial charge in [-0.3, -0.25) is 0 Å². The van der Waals surface area contributed by atoms with Crippen molar-refractivity contribution in [2.45, 2.75) is 13.8 Å². The van der Waals surface area contributed by atoms with Crippen molar-refractivity contribution >= 4 is 55.0 Å². The Kier molecular flexibility index (Phi) is 5.03. The molecule has 0 unspecified atom stereocenters. The van der Waals surface area contributed by atoms with E-state index in [9.17, 15) is 0 Å². The van der Waals surface area contributed by atoms with E-state index in [1.54, 1.807) is 22.7 Å². The number of hydrogen-bond donors (Lipinski definition) is 0. The largest absolute Gasteiger partial charge is 0.223 e. The van der Waals surface area contributed by atoms with Crippen LogP contribution in [0.4, 0.5) is 0 Å². The predicted molar refractivity (Wildman–Crippen MR) is 142 cm³/mol. The molecule has 0 amide bonds. The van der Waals surface area contributed by atoms with E-state index in [4.69, 9.17) is 9.97 Å². The first-order valence-corrected chi connectivity index (χ1v) is 13.5. The van der Waals surface area contributed by atoms with E-state index in [0.717, 1.165) is 30.8 Å². The van der Waals surface area contributed by atoms with Crippen LogP contribution < -0.4 is 0 Å². The van der Waals surface area contributed by atoms with Gasteiger partial charge in [-0.25, -0.2) is 9.97 Å². The molecule has 6 rings (SSSR count). The topological polar surface area (TPSA) is 25.8 Å². The van der Waals surface area contributed by atoms with Gasteiger partial charge in [-0.15, -0.1) is 22.7 Å². The molecule has 6 heteroatoms. The monoisotopic (exact) mass is 486 g/mol. The number of rotatable bonds is 4. The fraction of sp³-hybridized carbons (Fsp3) is 0.0769. The van der Waals surface area contributed by atoms with Crippen LogP contribution in [0.2, 0.25) is 0 Å². The maximum Gasteiger partial charge on any atom is 0.155 e. The Morgan fingerprint density at radius 2 is 0.812 bits per heavy atom. The summed E-state index contributed by atoms with van der Waals surface area (Å²) < 4.78 is 0. The van der Waals surface area contributed by atoms with Crippen LogP contribution in [0.15, 0.2) is 72.8 Å². The molecule has 0 bridgehead atoms. The molecule has 0 saturated heterocycles. The third kappa shape index (κ3) is 3.73. The van der Waals surface area contributed by atoms with Crippen molar-refractivity contribution in [3.63, 3.8) is 0 Å². The summed E-state index contributed by atoms with van der Waals surface area (Å²) in [6, 6.07) is 26.1. The quantitative estimate of drug-likeness (QED) is 0.248. The molecule has 32 heavy (non-hydrogen) atoms. The summed E-state index contributed by atoms with van der Waals surface area (Å²) in [4.78, 5) is 17.1. The second-order valence-electron chi connectivity index (χ2n) is 7.62. The summed E-state index contributed by atoms with van der Waals surface area (Å²) in [6.45, 7) is 4.29. The molecule has 0 aliphatic rings. The van der Waals surface area contributed by atoms with Gasteiger partial charge in [-0.05, 0) is 49.2 Å². The van der Waals surface area contributed by atoms with Gasteiger partial charge in [0.1, 0.15) is 10.0 Å². The van der Waals surface area contributed by atoms with Crippen LogP contribution in [-0.2, 0) is 0 Å². The number of thiazole rings is 2. The maximum atomic E-state index is 4.88. The van der Waals surface area contributed by atoms with Crippen LogP contribution in [0, 0.1) is 13.8 Å². The van der Waals surface area contributed by atoms with E-state index >= 15 is 0 Å². The second kappa shape index (κ2) is 8.05. The van der Waals surface area contributed by atoms with E-state index < -0.39 is 0 Å². The molecular weight excluding hydrogens is 469 g/mol. The zero-order valence-electron chi connectivity index (χ0n) is 17.5. The summed E-state index contributed by atoms with van der Waals surface area (Å²) >= 11 is 6.99. The van der Waals surface area contributed by atoms with Crippen molar-refractivity contribution in [3.8, 4) is 42.0 Å². The van der Waals surface area contributed by atoms with Crippen molar-refractivity contribution in [1.29, 1.82) is 0 Å². The van der Waals surface area contributed by atoms with Crippen LogP contribution in [-0.4, -0.2) is 9.97 Å². The van der Waals surface area contributed by atoms with Crippen LogP contribution in [0.5, 0.6) is 0 Å². The normalized spacial score (nSPS) is 11.4. The lowest BCUT2D eigenvalue weighted by Crippen LogP contribution is -1.78. The van der Waals surface area contributed by atoms with E-state index in [0.29, 0.717) is 0 Å². The van der Waals surface area contributed by atoms with Crippen molar-refractivity contribution in [2.75, 3.05) is 0 Å². The third-order valence-corrected chi connectivity index (χ3v) is 9.51. The molecule has 0 aliphatic heterocycles. The van der Waals surface area contributed by atoms with Gasteiger partial charge in [0.05, 0.1) is 0 Å². The van der Waals surface area contributed by atoms with Gasteiger partial charge in [0.25, 0.3) is 0 Å². The van der Waals surface area contributed by atoms with Gasteiger partial charge < -0.3 is 0 Å². The van der Waals surface area contributed by atoms with Crippen LogP contribution in [0.3, 0.4) is 0 Å². The molecular formula is C26H18N2S4. The number of aromatic nitrogens is 2. The molecule has 2 nitrogen and oxygen atoms in total. The zero-order chi connectivity index (χ0) is 21.7. The minimum atomic E-state index is 1.01. The van der Waals surface area contributed by atoms with Gasteiger partial charge in [0.15, 0.2) is 9.66 Å². The fourth-order valence-electron chi connectivity index (χ4n) is 3.62. The molecule has 156 valence electrons. The summed E-state index contributed by atoms with van der Waals surface area (Å²) in [5.41, 5.74) is 4.81. The molecule has 0 spiro atoms. The van der Waals surface area contributed by atoms with E-state index in [1.165, 1.54) is 30.6 Å². The highest BCUT2D eigenvalue weighted by Crippen LogP contribution is 2.38. The average molecular weight is 487 g/mol. The Hall–Kier alpha value is -2.64. The van der Waals surface area contributed by atoms with Crippen molar-refractivity contribution in [2.24, 2.45) is 0 Å². The van der Waals surface area contributed by atoms with Crippen molar-refractivity contribution < 1.29 is 0 Å². The smallest absolute Gasteiger partial charge is 0.155 e. The van der Waals surface area contributed by atoms with E-state index in [2.05, 4.69) is 86.6 Å². The van der Waals surface area contributed by atoms with Gasteiger partial charge in [0, 0.05) is 30.6 Å². The van der Waals surface area contributed by atoms with Crippen LogP contribution in [0.25, 0.3) is 51.7 Å². The molecule has 2 aromatic carbocycles. The maximum absolute atomic E-state index is 4.88. The first-order chi connectivity index (χ1) is 15.6. The lowest BCUT2D eigenvalue weighted by molar-refractivity contribution is 1.48. The van der Waals surface area contributed by atoms with Gasteiger partial charge in [0.2, 0.25) is 0 Å². The van der Waals surface area contributed by atoms with Gasteiger partial charge in [-0.2, -0.15) is 0 Å². The highest BCUT2D eigenvalue weighted by Gasteiger charge is 2.14. The number of thiophene rings is 2. The summed E-state index contributed by atoms with van der Waals surface area (Å²) in [5.74, 6) is 0. The van der Waals surface area contributed by atoms with Gasteiger partial charge >= 0.3 is 0 Å². The van der Waals surface area contributed by atoms with Crippen molar-refractivity contribution in [1.82, 2.24) is 9.97 Å². The Balaban J connectivity index is 1.25. The molecule has 4 aromatic heterocycles. The molecule has 0 radical (unpaired) electrons. The summed E-state index contributed by atoms with van der Waals surface area (Å²) in [6.07, 6.45) is 0. The van der Waals surface area contributed by atoms with E-state index in [-0.39, 0.29) is 0 Å². The third-order valence-electron chi connectivity index (χ3n) is 5.29. The number of hydrogen-bond acceptors (Lipinski definition) is 6. The molecule has 0 saturated carbocycles. The number of benzene rings is 2. The first kappa shape index (κ1) is 20.0. The van der Waals surface area contributed by atoms with E-state index in [1.807, 2.05) is 22.7 Å². The Morgan fingerprint density at radius 1 is 0.438 bits per heavy atom. The van der Waals surface area contributed by atoms with Crippen LogP contribution in [0.1, 0.15) is 9.75 Å². The Labute approximate surface area is 202 Å². The molecule has 0 aliphatic carbocycles. The number of nitrogens with zero attached hydrogens (tertiary/aromatic N) is 2. The zero-order valence-corrected chi connectivity index (χ0v) is 20.7. The lowest BCUT2D eigenvalue weighted by Gasteiger charge is -2.00. The number of aryl methyl sites for hydroxylation is 2. The highest BCUT2D eigenvalue weighted by atomic mass is 32.1. The lowest BCUT2D eigenvalue weighted by atomic mass is 10.1. The predicted octanol–water partition coefficient (Wildman–Crippen LogP) is 9.16. The molecule has 4 heterocycles. The molecule has 0 atom stereocenters. The number of fused-ring (bicyclic) bond motifs is 1. The molecule has 0 N–H and O–H groups in total. The Morgan fingerprint density at radius 3 is 1.16 bits per heavy atom.